The number of hydrogen-bond donors (Lipinski definition) is 0. The van der Waals surface area contributed by atoms with Crippen molar-refractivity contribution >= 4 is 30.0 Å². The zero-order chi connectivity index (χ0) is 31.1. The Balaban J connectivity index is 2.10. The van der Waals surface area contributed by atoms with Gasteiger partial charge in [0.05, 0.1) is 0 Å². The molecule has 1 saturated heterocycles. The molecule has 12 heteroatoms. The van der Waals surface area contributed by atoms with Gasteiger partial charge in [0.25, 0.3) is 0 Å². The van der Waals surface area contributed by atoms with E-state index < -0.39 is 59.9 Å². The molecule has 42 heavy (non-hydrogen) atoms. The zero-order valence-electron chi connectivity index (χ0n) is 25.1. The monoisotopic (exact) mass is 592 g/mol. The maximum absolute atomic E-state index is 12.4. The molecule has 1 aliphatic carbocycles. The Morgan fingerprint density at radius 1 is 0.833 bits per heavy atom. The van der Waals surface area contributed by atoms with Crippen LogP contribution in [0.25, 0.3) is 6.08 Å². The summed E-state index contributed by atoms with van der Waals surface area (Å²) in [6.45, 7) is 4.36. The molecule has 12 nitrogen and oxygen atoms in total. The number of esters is 4. The summed E-state index contributed by atoms with van der Waals surface area (Å²) >= 11 is 0. The number of allylic oxidation sites excluding steroid dienone is 1. The zero-order valence-corrected chi connectivity index (χ0v) is 25.1. The van der Waals surface area contributed by atoms with E-state index in [0.717, 1.165) is 25.3 Å². The summed E-state index contributed by atoms with van der Waals surface area (Å²) < 4.78 is 45.5. The van der Waals surface area contributed by atoms with Crippen LogP contribution in [0.2, 0.25) is 0 Å². The molecule has 0 spiro atoms. The van der Waals surface area contributed by atoms with Crippen molar-refractivity contribution in [2.75, 3.05) is 27.9 Å². The van der Waals surface area contributed by atoms with Gasteiger partial charge in [-0.2, -0.15) is 0 Å². The minimum atomic E-state index is -1.85. The quantitative estimate of drug-likeness (QED) is 0.224. The maximum Gasteiger partial charge on any atom is 0.303 e. The van der Waals surface area contributed by atoms with Gasteiger partial charge < -0.3 is 37.9 Å². The number of methoxy groups -OCH3 is 3. The Hall–Kier alpha value is -3.32. The van der Waals surface area contributed by atoms with E-state index in [-0.39, 0.29) is 6.61 Å². The first-order valence-electron chi connectivity index (χ1n) is 13.7. The molecule has 0 aromatic heterocycles. The lowest BCUT2D eigenvalue weighted by atomic mass is 9.85. The summed E-state index contributed by atoms with van der Waals surface area (Å²) in [6, 6.07) is 7.21. The fourth-order valence-electron chi connectivity index (χ4n) is 5.45. The fraction of sp³-hybridized carbons (Fsp3) is 0.600. The van der Waals surface area contributed by atoms with Crippen LogP contribution in [-0.2, 0) is 62.9 Å². The van der Waals surface area contributed by atoms with Gasteiger partial charge in [-0.3, -0.25) is 19.2 Å². The summed E-state index contributed by atoms with van der Waals surface area (Å²) in [7, 11) is 4.62. The second-order valence-corrected chi connectivity index (χ2v) is 10.3. The number of carbonyl (C=O) groups is 4. The molecule has 0 amide bonds. The normalized spacial score (nSPS) is 27.0. The van der Waals surface area contributed by atoms with E-state index in [9.17, 15) is 19.2 Å². The molecule has 5 atom stereocenters. The van der Waals surface area contributed by atoms with Crippen molar-refractivity contribution in [3.63, 3.8) is 0 Å². The van der Waals surface area contributed by atoms with Gasteiger partial charge in [0.15, 0.2) is 18.0 Å². The molecule has 1 aromatic rings. The number of ether oxygens (including phenoxy) is 8. The van der Waals surface area contributed by atoms with Crippen molar-refractivity contribution in [2.24, 2.45) is 0 Å². The standard InChI is InChI=1S/C30H40O12/c1-18(31)38-17-25-26(39-19(2)32)27(40-20(3)33)28(41-21(4)34)30(37-7,42-25)24-10-8-9-23(16-24)15-22-11-13-29(35-5,36-6)14-12-22/h8-10,15-16,25-28H,11-14,17H2,1-7H3/t25-,26-,27+,28-,30+/m1/s1. The summed E-state index contributed by atoms with van der Waals surface area (Å²) in [4.78, 5) is 48.4. The molecule has 0 bridgehead atoms. The van der Waals surface area contributed by atoms with Crippen molar-refractivity contribution in [1.29, 1.82) is 0 Å². The van der Waals surface area contributed by atoms with E-state index in [2.05, 4.69) is 0 Å². The van der Waals surface area contributed by atoms with E-state index in [1.807, 2.05) is 12.1 Å². The van der Waals surface area contributed by atoms with Crippen LogP contribution in [0.3, 0.4) is 0 Å². The number of benzene rings is 1. The highest BCUT2D eigenvalue weighted by atomic mass is 16.7. The van der Waals surface area contributed by atoms with Gasteiger partial charge in [0.2, 0.25) is 11.9 Å². The highest BCUT2D eigenvalue weighted by Gasteiger charge is 2.61. The number of rotatable bonds is 10. The smallest absolute Gasteiger partial charge is 0.303 e. The van der Waals surface area contributed by atoms with Crippen LogP contribution in [0.15, 0.2) is 29.8 Å². The third kappa shape index (κ3) is 7.74. The molecule has 1 aliphatic heterocycles. The number of carbonyl (C=O) groups excluding carboxylic acids is 4. The molecule has 232 valence electrons. The second kappa shape index (κ2) is 14.2. The first-order chi connectivity index (χ1) is 19.9. The highest BCUT2D eigenvalue weighted by Crippen LogP contribution is 2.44. The van der Waals surface area contributed by atoms with Crippen molar-refractivity contribution in [3.8, 4) is 0 Å². The lowest BCUT2D eigenvalue weighted by Crippen LogP contribution is -2.67. The van der Waals surface area contributed by atoms with Crippen LogP contribution in [0.1, 0.15) is 64.5 Å². The lowest BCUT2D eigenvalue weighted by Gasteiger charge is -2.50. The Bertz CT molecular complexity index is 1160. The van der Waals surface area contributed by atoms with Crippen LogP contribution in [-0.4, -0.2) is 82.0 Å². The summed E-state index contributed by atoms with van der Waals surface area (Å²) in [5.74, 6) is -5.23. The van der Waals surface area contributed by atoms with Crippen molar-refractivity contribution in [2.45, 2.75) is 89.4 Å². The molecule has 1 aromatic carbocycles. The van der Waals surface area contributed by atoms with Crippen molar-refractivity contribution in [3.05, 3.63) is 41.0 Å². The molecule has 0 unspecified atom stereocenters. The predicted molar refractivity (Wildman–Crippen MR) is 146 cm³/mol. The lowest BCUT2D eigenvalue weighted by molar-refractivity contribution is -0.367. The van der Waals surface area contributed by atoms with Gasteiger partial charge >= 0.3 is 23.9 Å². The van der Waals surface area contributed by atoms with E-state index in [0.29, 0.717) is 18.4 Å². The summed E-state index contributed by atoms with van der Waals surface area (Å²) in [5.41, 5.74) is 2.43. The minimum absolute atomic E-state index is 0.368. The molecular formula is C30H40O12. The van der Waals surface area contributed by atoms with Crippen LogP contribution >= 0.6 is 0 Å². The third-order valence-corrected chi connectivity index (χ3v) is 7.40. The molecule has 3 rings (SSSR count). The SMILES string of the molecule is COC1(OC)CCC(=Cc2cccc([C@]3(OC)O[C@H](COC(C)=O)[C@@H](OC(C)=O)[C@H](OC(C)=O)[C@H]3OC(C)=O)c2)CC1. The molecule has 1 saturated carbocycles. The van der Waals surface area contributed by atoms with E-state index in [1.165, 1.54) is 33.5 Å². The molecule has 2 fully saturated rings. The Morgan fingerprint density at radius 2 is 1.43 bits per heavy atom. The van der Waals surface area contributed by atoms with Crippen LogP contribution < -0.4 is 0 Å². The van der Waals surface area contributed by atoms with Crippen LogP contribution in [0, 0.1) is 0 Å². The van der Waals surface area contributed by atoms with Crippen LogP contribution in [0.4, 0.5) is 0 Å². The Labute approximate surface area is 245 Å². The van der Waals surface area contributed by atoms with E-state index >= 15 is 0 Å². The first kappa shape index (κ1) is 33.2. The van der Waals surface area contributed by atoms with Gasteiger partial charge in [-0.05, 0) is 24.5 Å². The van der Waals surface area contributed by atoms with Gasteiger partial charge in [-0.25, -0.2) is 0 Å². The molecular weight excluding hydrogens is 552 g/mol. The number of hydrogen-bond acceptors (Lipinski definition) is 12. The fourth-order valence-corrected chi connectivity index (χ4v) is 5.45. The summed E-state index contributed by atoms with van der Waals surface area (Å²) in [5, 5.41) is 0. The second-order valence-electron chi connectivity index (χ2n) is 10.3. The van der Waals surface area contributed by atoms with Gasteiger partial charge in [-0.15, -0.1) is 0 Å². The van der Waals surface area contributed by atoms with E-state index in [1.54, 1.807) is 32.4 Å². The summed E-state index contributed by atoms with van der Waals surface area (Å²) in [6.07, 6.45) is -0.279. The first-order valence-corrected chi connectivity index (χ1v) is 13.7. The highest BCUT2D eigenvalue weighted by molar-refractivity contribution is 5.69. The maximum atomic E-state index is 12.4. The third-order valence-electron chi connectivity index (χ3n) is 7.40. The topological polar surface area (TPSA) is 142 Å². The molecule has 1 heterocycles. The predicted octanol–water partition coefficient (Wildman–Crippen LogP) is 3.19. The van der Waals surface area contributed by atoms with Gasteiger partial charge in [0, 0.05) is 67.4 Å². The molecule has 0 N–H and O–H groups in total. The average molecular weight is 593 g/mol. The van der Waals surface area contributed by atoms with Crippen LogP contribution in [0.5, 0.6) is 0 Å². The Morgan fingerprint density at radius 3 is 1.95 bits per heavy atom. The average Bonchev–Trinajstić information content (AvgIpc) is 2.94. The largest absolute Gasteiger partial charge is 0.463 e. The molecule has 0 radical (unpaired) electrons. The minimum Gasteiger partial charge on any atom is -0.463 e. The van der Waals surface area contributed by atoms with Crippen molar-refractivity contribution < 1.29 is 57.1 Å². The molecule has 2 aliphatic rings. The van der Waals surface area contributed by atoms with Crippen molar-refractivity contribution in [1.82, 2.24) is 0 Å². The Kier molecular flexibility index (Phi) is 11.2. The van der Waals surface area contributed by atoms with E-state index in [4.69, 9.17) is 37.9 Å². The van der Waals surface area contributed by atoms with Gasteiger partial charge in [-0.1, -0.05) is 29.8 Å². The van der Waals surface area contributed by atoms with Gasteiger partial charge in [0.1, 0.15) is 12.7 Å².